The predicted molar refractivity (Wildman–Crippen MR) is 182 cm³/mol. The molecule has 2 aliphatic rings. The summed E-state index contributed by atoms with van der Waals surface area (Å²) in [5.74, 6) is -0.996. The SMILES string of the molecule is CCCCCCCCNC(=O)[C@H](CO[C@@H]1O[C@@H](CO)[C@@H](O[C@@H]2OC(CO)[C@H](O)[C@H](O)C2O)C(O)C1O)NC(=O)CCCCCNC(=O)C(C)CC. The fourth-order valence-electron chi connectivity index (χ4n) is 5.73. The summed E-state index contributed by atoms with van der Waals surface area (Å²) < 4.78 is 22.2. The van der Waals surface area contributed by atoms with Crippen molar-refractivity contribution in [3.05, 3.63) is 0 Å². The molecule has 3 amide bonds. The van der Waals surface area contributed by atoms with Gasteiger partial charge in [0.1, 0.15) is 54.9 Å². The molecule has 17 nitrogen and oxygen atoms in total. The summed E-state index contributed by atoms with van der Waals surface area (Å²) in [7, 11) is 0. The minimum atomic E-state index is -1.81. The third kappa shape index (κ3) is 14.7. The molecule has 2 fully saturated rings. The molecule has 0 radical (unpaired) electrons. The van der Waals surface area contributed by atoms with Crippen LogP contribution in [0.25, 0.3) is 0 Å². The lowest BCUT2D eigenvalue weighted by Crippen LogP contribution is -2.65. The summed E-state index contributed by atoms with van der Waals surface area (Å²) in [6, 6.07) is -1.18. The minimum absolute atomic E-state index is 0.00759. The Kier molecular flexibility index (Phi) is 21.5. The van der Waals surface area contributed by atoms with Gasteiger partial charge in [-0.2, -0.15) is 0 Å². The Hall–Kier alpha value is -2.03. The normalized spacial score (nSPS) is 30.7. The van der Waals surface area contributed by atoms with Gasteiger partial charge >= 0.3 is 0 Å². The largest absolute Gasteiger partial charge is 0.394 e. The van der Waals surface area contributed by atoms with Crippen LogP contribution >= 0.6 is 0 Å². The zero-order valence-corrected chi connectivity index (χ0v) is 30.2. The average Bonchev–Trinajstić information content (AvgIpc) is 3.12. The van der Waals surface area contributed by atoms with Crippen molar-refractivity contribution in [2.75, 3.05) is 32.9 Å². The summed E-state index contributed by atoms with van der Waals surface area (Å²) in [6.07, 6.45) is -7.42. The zero-order valence-electron chi connectivity index (χ0n) is 30.2. The van der Waals surface area contributed by atoms with E-state index in [0.717, 1.165) is 44.9 Å². The van der Waals surface area contributed by atoms with Gasteiger partial charge in [-0.1, -0.05) is 59.3 Å². The third-order valence-electron chi connectivity index (χ3n) is 9.31. The number of amides is 3. The number of hydrogen-bond acceptors (Lipinski definition) is 14. The Labute approximate surface area is 300 Å². The predicted octanol–water partition coefficient (Wildman–Crippen LogP) is -1.69. The van der Waals surface area contributed by atoms with Gasteiger partial charge in [0.25, 0.3) is 0 Å². The second kappa shape index (κ2) is 24.3. The van der Waals surface area contributed by atoms with Crippen molar-refractivity contribution >= 4 is 17.7 Å². The van der Waals surface area contributed by atoms with Crippen LogP contribution in [-0.2, 0) is 33.3 Å². The van der Waals surface area contributed by atoms with Crippen LogP contribution in [0.2, 0.25) is 0 Å². The van der Waals surface area contributed by atoms with E-state index >= 15 is 0 Å². The quantitative estimate of drug-likeness (QED) is 0.0496. The number of aliphatic hydroxyl groups excluding tert-OH is 7. The molecule has 2 saturated heterocycles. The first-order valence-electron chi connectivity index (χ1n) is 18.4. The molecule has 12 atom stereocenters. The van der Waals surface area contributed by atoms with Gasteiger partial charge in [0, 0.05) is 25.4 Å². The van der Waals surface area contributed by atoms with Crippen molar-refractivity contribution < 1.29 is 69.1 Å². The molecule has 0 saturated carbocycles. The van der Waals surface area contributed by atoms with E-state index < -0.39 is 99.1 Å². The summed E-state index contributed by atoms with van der Waals surface area (Å²) >= 11 is 0. The molecule has 0 aromatic carbocycles. The summed E-state index contributed by atoms with van der Waals surface area (Å²) in [5, 5.41) is 80.1. The first-order valence-corrected chi connectivity index (χ1v) is 18.4. The van der Waals surface area contributed by atoms with Gasteiger partial charge in [0.15, 0.2) is 12.6 Å². The van der Waals surface area contributed by atoms with Crippen LogP contribution in [0.5, 0.6) is 0 Å². The molecule has 0 aromatic rings. The highest BCUT2D eigenvalue weighted by Gasteiger charge is 2.51. The van der Waals surface area contributed by atoms with Crippen LogP contribution in [0.3, 0.4) is 0 Å². The summed E-state index contributed by atoms with van der Waals surface area (Å²) in [6.45, 7) is 4.87. The van der Waals surface area contributed by atoms with E-state index in [1.807, 2.05) is 13.8 Å². The van der Waals surface area contributed by atoms with Crippen LogP contribution in [0.1, 0.15) is 91.4 Å². The van der Waals surface area contributed by atoms with E-state index in [1.165, 1.54) is 0 Å². The maximum Gasteiger partial charge on any atom is 0.244 e. The summed E-state index contributed by atoms with van der Waals surface area (Å²) in [4.78, 5) is 37.9. The molecule has 0 aliphatic carbocycles. The second-order valence-electron chi connectivity index (χ2n) is 13.4. The molecule has 51 heavy (non-hydrogen) atoms. The van der Waals surface area contributed by atoms with Gasteiger partial charge in [0.05, 0.1) is 19.8 Å². The number of hydrogen-bond donors (Lipinski definition) is 10. The van der Waals surface area contributed by atoms with E-state index in [-0.39, 0.29) is 18.2 Å². The Morgan fingerprint density at radius 1 is 0.686 bits per heavy atom. The highest BCUT2D eigenvalue weighted by atomic mass is 16.7. The lowest BCUT2D eigenvalue weighted by Gasteiger charge is -2.46. The Bertz CT molecular complexity index is 1010. The zero-order chi connectivity index (χ0) is 37.9. The highest BCUT2D eigenvalue weighted by molar-refractivity contribution is 5.87. The maximum absolute atomic E-state index is 13.2. The molecule has 2 rings (SSSR count). The average molecular weight is 738 g/mol. The molecule has 0 aromatic heterocycles. The standard InChI is InChI=1S/C34H63N3O14/c1-4-6-7-8-9-12-16-36-32(47)21(37-24(40)14-11-10-13-15-35-31(46)20(3)5-2)19-48-33-29(45)27(43)30(23(18-39)50-33)51-34-28(44)26(42)25(41)22(17-38)49-34/h20-23,25-30,33-34,38-39,41-45H,4-19H2,1-3H3,(H,35,46)(H,36,47)(H,37,40)/t20?,21-,22?,23-,25-,26-,27?,28?,29?,30+,33+,34-/m0/s1. The number of nitrogens with one attached hydrogen (secondary N) is 3. The second-order valence-corrected chi connectivity index (χ2v) is 13.4. The smallest absolute Gasteiger partial charge is 0.244 e. The molecule has 5 unspecified atom stereocenters. The van der Waals surface area contributed by atoms with Gasteiger partial charge < -0.3 is 70.6 Å². The van der Waals surface area contributed by atoms with Crippen molar-refractivity contribution in [3.63, 3.8) is 0 Å². The molecule has 0 bridgehead atoms. The van der Waals surface area contributed by atoms with Gasteiger partial charge in [-0.3, -0.25) is 14.4 Å². The first-order chi connectivity index (χ1) is 24.4. The van der Waals surface area contributed by atoms with E-state index in [0.29, 0.717) is 32.4 Å². The van der Waals surface area contributed by atoms with Gasteiger partial charge in [-0.15, -0.1) is 0 Å². The first kappa shape index (κ1) is 45.1. The maximum atomic E-state index is 13.2. The third-order valence-corrected chi connectivity index (χ3v) is 9.31. The van der Waals surface area contributed by atoms with Crippen molar-refractivity contribution in [1.82, 2.24) is 16.0 Å². The fraction of sp³-hybridized carbons (Fsp3) is 0.912. The van der Waals surface area contributed by atoms with Gasteiger partial charge in [-0.05, 0) is 25.7 Å². The number of ether oxygens (including phenoxy) is 4. The van der Waals surface area contributed by atoms with Crippen LogP contribution in [0.4, 0.5) is 0 Å². The number of aliphatic hydroxyl groups is 7. The van der Waals surface area contributed by atoms with E-state index in [2.05, 4.69) is 22.9 Å². The van der Waals surface area contributed by atoms with Gasteiger partial charge in [-0.25, -0.2) is 0 Å². The van der Waals surface area contributed by atoms with Crippen molar-refractivity contribution in [2.45, 2.75) is 159 Å². The minimum Gasteiger partial charge on any atom is -0.394 e. The Morgan fingerprint density at radius 2 is 1.25 bits per heavy atom. The molecule has 2 heterocycles. The van der Waals surface area contributed by atoms with Crippen LogP contribution in [-0.4, -0.2) is 154 Å². The molecule has 0 spiro atoms. The molecular formula is C34H63N3O14. The number of rotatable bonds is 24. The number of unbranched alkanes of at least 4 members (excludes halogenated alkanes) is 7. The van der Waals surface area contributed by atoms with Crippen molar-refractivity contribution in [3.8, 4) is 0 Å². The summed E-state index contributed by atoms with van der Waals surface area (Å²) in [5.41, 5.74) is 0. The molecule has 10 N–H and O–H groups in total. The topological polar surface area (TPSA) is 266 Å². The number of carbonyl (C=O) groups is 3. The Balaban J connectivity index is 1.98. The van der Waals surface area contributed by atoms with Crippen molar-refractivity contribution in [2.24, 2.45) is 5.92 Å². The lowest BCUT2D eigenvalue weighted by atomic mass is 9.97. The highest BCUT2D eigenvalue weighted by Crippen LogP contribution is 2.29. The molecule has 2 aliphatic heterocycles. The van der Waals surface area contributed by atoms with Crippen LogP contribution in [0.15, 0.2) is 0 Å². The number of carbonyl (C=O) groups excluding carboxylic acids is 3. The molecular weight excluding hydrogens is 674 g/mol. The molecule has 298 valence electrons. The fourth-order valence-corrected chi connectivity index (χ4v) is 5.73. The molecule has 17 heteroatoms. The van der Waals surface area contributed by atoms with Gasteiger partial charge in [0.2, 0.25) is 17.7 Å². The van der Waals surface area contributed by atoms with Crippen LogP contribution < -0.4 is 16.0 Å². The van der Waals surface area contributed by atoms with E-state index in [9.17, 15) is 50.1 Å². The monoisotopic (exact) mass is 737 g/mol. The lowest BCUT2D eigenvalue weighted by molar-refractivity contribution is -0.359. The Morgan fingerprint density at radius 3 is 1.88 bits per heavy atom. The van der Waals surface area contributed by atoms with Crippen LogP contribution in [0, 0.1) is 5.92 Å². The van der Waals surface area contributed by atoms with E-state index in [1.54, 1.807) is 0 Å². The van der Waals surface area contributed by atoms with Crippen molar-refractivity contribution in [1.29, 1.82) is 0 Å². The van der Waals surface area contributed by atoms with E-state index in [4.69, 9.17) is 18.9 Å².